The van der Waals surface area contributed by atoms with Crippen LogP contribution in [0.5, 0.6) is 0 Å². The summed E-state index contributed by atoms with van der Waals surface area (Å²) >= 11 is 1.86. The lowest BCUT2D eigenvalue weighted by atomic mass is 10.0. The summed E-state index contributed by atoms with van der Waals surface area (Å²) in [5.74, 6) is 2.05. The van der Waals surface area contributed by atoms with Crippen molar-refractivity contribution in [1.82, 2.24) is 15.0 Å². The van der Waals surface area contributed by atoms with E-state index >= 15 is 0 Å². The lowest BCUT2D eigenvalue weighted by Crippen LogP contribution is -2.25. The standard InChI is InChI=1S/C16H21N3O2S/c1-10-3-4-22-15(10)9-19-7-12-5-13(20-14(12)8-19)6-16-17-11(2)18-21-16/h3-4,12-14H,5-9H2,1-2H3/t12-,13+,14+/m0/s1. The van der Waals surface area contributed by atoms with Gasteiger partial charge in [0, 0.05) is 30.4 Å². The minimum absolute atomic E-state index is 0.237. The van der Waals surface area contributed by atoms with Crippen LogP contribution in [0.25, 0.3) is 0 Å². The lowest BCUT2D eigenvalue weighted by molar-refractivity contribution is 0.0344. The van der Waals surface area contributed by atoms with Crippen LogP contribution in [0.4, 0.5) is 0 Å². The number of aromatic nitrogens is 2. The third-order valence-electron chi connectivity index (χ3n) is 4.70. The van der Waals surface area contributed by atoms with Crippen LogP contribution in [0.2, 0.25) is 0 Å². The van der Waals surface area contributed by atoms with Gasteiger partial charge in [0.15, 0.2) is 5.82 Å². The Balaban J connectivity index is 1.31. The zero-order valence-corrected chi connectivity index (χ0v) is 13.8. The molecule has 0 saturated carbocycles. The fraction of sp³-hybridized carbons (Fsp3) is 0.625. The Bertz CT molecular complexity index is 639. The summed E-state index contributed by atoms with van der Waals surface area (Å²) in [6.45, 7) is 7.29. The maximum absolute atomic E-state index is 6.21. The molecule has 3 atom stereocenters. The van der Waals surface area contributed by atoms with Gasteiger partial charge in [0.25, 0.3) is 0 Å². The third kappa shape index (κ3) is 2.83. The van der Waals surface area contributed by atoms with Gasteiger partial charge in [-0.15, -0.1) is 11.3 Å². The summed E-state index contributed by atoms with van der Waals surface area (Å²) in [5.41, 5.74) is 1.41. The summed E-state index contributed by atoms with van der Waals surface area (Å²) < 4.78 is 11.4. The molecule has 2 aromatic rings. The van der Waals surface area contributed by atoms with E-state index in [2.05, 4.69) is 33.4 Å². The van der Waals surface area contributed by atoms with E-state index in [1.807, 2.05) is 18.3 Å². The zero-order chi connectivity index (χ0) is 15.1. The van der Waals surface area contributed by atoms with Gasteiger partial charge in [-0.1, -0.05) is 5.16 Å². The molecule has 0 unspecified atom stereocenters. The smallest absolute Gasteiger partial charge is 0.229 e. The van der Waals surface area contributed by atoms with E-state index in [0.29, 0.717) is 23.7 Å². The molecule has 5 nitrogen and oxygen atoms in total. The highest BCUT2D eigenvalue weighted by Crippen LogP contribution is 2.35. The summed E-state index contributed by atoms with van der Waals surface area (Å²) in [6.07, 6.45) is 2.46. The third-order valence-corrected chi connectivity index (χ3v) is 5.70. The minimum atomic E-state index is 0.237. The molecule has 0 aliphatic carbocycles. The first kappa shape index (κ1) is 14.4. The topological polar surface area (TPSA) is 51.4 Å². The van der Waals surface area contributed by atoms with E-state index in [9.17, 15) is 0 Å². The van der Waals surface area contributed by atoms with E-state index in [1.54, 1.807) is 0 Å². The second-order valence-electron chi connectivity index (χ2n) is 6.45. The zero-order valence-electron chi connectivity index (χ0n) is 13.0. The Labute approximate surface area is 134 Å². The van der Waals surface area contributed by atoms with Gasteiger partial charge < -0.3 is 9.26 Å². The molecule has 6 heteroatoms. The molecule has 0 spiro atoms. The number of rotatable bonds is 4. The fourth-order valence-electron chi connectivity index (χ4n) is 3.60. The summed E-state index contributed by atoms with van der Waals surface area (Å²) in [7, 11) is 0. The Morgan fingerprint density at radius 1 is 1.36 bits per heavy atom. The highest BCUT2D eigenvalue weighted by Gasteiger charge is 2.42. The molecule has 2 aliphatic rings. The first-order valence-electron chi connectivity index (χ1n) is 7.87. The molecule has 2 saturated heterocycles. The quantitative estimate of drug-likeness (QED) is 0.867. The molecule has 2 aromatic heterocycles. The monoisotopic (exact) mass is 319 g/mol. The van der Waals surface area contributed by atoms with Crippen molar-refractivity contribution in [2.75, 3.05) is 13.1 Å². The largest absolute Gasteiger partial charge is 0.373 e. The van der Waals surface area contributed by atoms with Crippen LogP contribution < -0.4 is 0 Å². The van der Waals surface area contributed by atoms with Crippen LogP contribution in [0.3, 0.4) is 0 Å². The number of nitrogens with zero attached hydrogens (tertiary/aromatic N) is 3. The summed E-state index contributed by atoms with van der Waals surface area (Å²) in [5, 5.41) is 6.03. The summed E-state index contributed by atoms with van der Waals surface area (Å²) in [6, 6.07) is 2.20. The predicted octanol–water partition coefficient (Wildman–Crippen LogP) is 2.58. The maximum Gasteiger partial charge on any atom is 0.229 e. The van der Waals surface area contributed by atoms with E-state index in [1.165, 1.54) is 10.4 Å². The highest BCUT2D eigenvalue weighted by atomic mass is 32.1. The predicted molar refractivity (Wildman–Crippen MR) is 83.8 cm³/mol. The van der Waals surface area contributed by atoms with Gasteiger partial charge >= 0.3 is 0 Å². The number of hydrogen-bond acceptors (Lipinski definition) is 6. The van der Waals surface area contributed by atoms with Gasteiger partial charge in [0.05, 0.1) is 18.6 Å². The first-order valence-corrected chi connectivity index (χ1v) is 8.75. The van der Waals surface area contributed by atoms with Crippen molar-refractivity contribution in [3.8, 4) is 0 Å². The SMILES string of the molecule is Cc1noc(C[C@H]2C[C@H]3CN(Cc4sccc4C)C[C@H]3O2)n1. The van der Waals surface area contributed by atoms with Gasteiger partial charge in [-0.2, -0.15) is 4.98 Å². The van der Waals surface area contributed by atoms with Crippen molar-refractivity contribution in [2.45, 2.75) is 45.4 Å². The molecule has 0 N–H and O–H groups in total. The average molecular weight is 319 g/mol. The van der Waals surface area contributed by atoms with Crippen LogP contribution in [0.15, 0.2) is 16.0 Å². The van der Waals surface area contributed by atoms with E-state index < -0.39 is 0 Å². The van der Waals surface area contributed by atoms with Crippen LogP contribution in [-0.2, 0) is 17.7 Å². The fourth-order valence-corrected chi connectivity index (χ4v) is 4.54. The van der Waals surface area contributed by atoms with Gasteiger partial charge in [-0.25, -0.2) is 0 Å². The molecule has 0 amide bonds. The first-order chi connectivity index (χ1) is 10.7. The highest BCUT2D eigenvalue weighted by molar-refractivity contribution is 7.10. The van der Waals surface area contributed by atoms with Crippen LogP contribution in [0.1, 0.15) is 28.6 Å². The number of thiophene rings is 1. The van der Waals surface area contributed by atoms with E-state index in [-0.39, 0.29) is 6.10 Å². The number of ether oxygens (including phenoxy) is 1. The Kier molecular flexibility index (Phi) is 3.76. The molecule has 22 heavy (non-hydrogen) atoms. The second kappa shape index (κ2) is 5.76. The molecular weight excluding hydrogens is 298 g/mol. The van der Waals surface area contributed by atoms with Crippen molar-refractivity contribution in [1.29, 1.82) is 0 Å². The van der Waals surface area contributed by atoms with Crippen LogP contribution in [-0.4, -0.2) is 40.3 Å². The molecule has 0 bridgehead atoms. The van der Waals surface area contributed by atoms with E-state index in [0.717, 1.165) is 32.5 Å². The number of likely N-dealkylation sites (tertiary alicyclic amines) is 1. The molecular formula is C16H21N3O2S. The molecule has 2 fully saturated rings. The maximum atomic E-state index is 6.21. The normalized spacial score (nSPS) is 28.4. The van der Waals surface area contributed by atoms with Crippen molar-refractivity contribution >= 4 is 11.3 Å². The van der Waals surface area contributed by atoms with Gasteiger partial charge in [-0.3, -0.25) is 4.90 Å². The molecule has 0 radical (unpaired) electrons. The van der Waals surface area contributed by atoms with Gasteiger partial charge in [0.1, 0.15) is 0 Å². The average Bonchev–Trinajstić information content (AvgIpc) is 3.19. The van der Waals surface area contributed by atoms with Crippen molar-refractivity contribution < 1.29 is 9.26 Å². The molecule has 118 valence electrons. The number of aryl methyl sites for hydroxylation is 2. The Morgan fingerprint density at radius 3 is 2.95 bits per heavy atom. The molecule has 2 aliphatic heterocycles. The Hall–Kier alpha value is -1.24. The van der Waals surface area contributed by atoms with Crippen molar-refractivity contribution in [2.24, 2.45) is 5.92 Å². The van der Waals surface area contributed by atoms with Crippen LogP contribution in [0, 0.1) is 19.8 Å². The second-order valence-corrected chi connectivity index (χ2v) is 7.45. The number of fused-ring (bicyclic) bond motifs is 1. The van der Waals surface area contributed by atoms with Crippen molar-refractivity contribution in [3.05, 3.63) is 33.6 Å². The molecule has 4 rings (SSSR count). The van der Waals surface area contributed by atoms with Crippen LogP contribution >= 0.6 is 11.3 Å². The Morgan fingerprint density at radius 2 is 2.27 bits per heavy atom. The molecule has 4 heterocycles. The van der Waals surface area contributed by atoms with Gasteiger partial charge in [0.2, 0.25) is 5.89 Å². The molecule has 0 aromatic carbocycles. The lowest BCUT2D eigenvalue weighted by Gasteiger charge is -2.18. The van der Waals surface area contributed by atoms with Crippen molar-refractivity contribution in [3.63, 3.8) is 0 Å². The summed E-state index contributed by atoms with van der Waals surface area (Å²) in [4.78, 5) is 8.29. The minimum Gasteiger partial charge on any atom is -0.373 e. The number of hydrogen-bond donors (Lipinski definition) is 0. The van der Waals surface area contributed by atoms with E-state index in [4.69, 9.17) is 9.26 Å². The van der Waals surface area contributed by atoms with Gasteiger partial charge in [-0.05, 0) is 37.3 Å².